The van der Waals surface area contributed by atoms with Crippen LogP contribution < -0.4 is 16.8 Å². The van der Waals surface area contributed by atoms with Gasteiger partial charge in [0.2, 0.25) is 5.91 Å². The Morgan fingerprint density at radius 2 is 2.27 bits per heavy atom. The van der Waals surface area contributed by atoms with Gasteiger partial charge >= 0.3 is 0 Å². The highest BCUT2D eigenvalue weighted by Crippen LogP contribution is 2.04. The number of nitrogens with two attached hydrogens (primary N) is 2. The van der Waals surface area contributed by atoms with Crippen LogP contribution in [0.15, 0.2) is 6.20 Å². The van der Waals surface area contributed by atoms with Gasteiger partial charge in [0.15, 0.2) is 0 Å². The van der Waals surface area contributed by atoms with E-state index in [1.165, 1.54) is 6.20 Å². The molecule has 0 saturated carbocycles. The summed E-state index contributed by atoms with van der Waals surface area (Å²) >= 11 is 0. The summed E-state index contributed by atoms with van der Waals surface area (Å²) in [4.78, 5) is 21.8. The molecule has 0 aliphatic carbocycles. The highest BCUT2D eigenvalue weighted by atomic mass is 16.2. The number of hydrogen-bond acceptors (Lipinski definition) is 4. The smallest absolute Gasteiger partial charge is 0.256 e. The van der Waals surface area contributed by atoms with Crippen LogP contribution in [0, 0.1) is 0 Å². The van der Waals surface area contributed by atoms with E-state index >= 15 is 0 Å². The second-order valence-electron chi connectivity index (χ2n) is 3.02. The minimum absolute atomic E-state index is 0.224. The highest BCUT2D eigenvalue weighted by molar-refractivity contribution is 5.98. The average molecular weight is 211 g/mol. The lowest BCUT2D eigenvalue weighted by Crippen LogP contribution is -2.25. The van der Waals surface area contributed by atoms with Crippen molar-refractivity contribution in [2.45, 2.75) is 12.8 Å². The molecule has 0 aliphatic heterocycles. The van der Waals surface area contributed by atoms with Crippen LogP contribution in [0.25, 0.3) is 0 Å². The summed E-state index contributed by atoms with van der Waals surface area (Å²) in [6.45, 7) is 0.381. The zero-order valence-electron chi connectivity index (χ0n) is 8.12. The normalized spacial score (nSPS) is 9.87. The first kappa shape index (κ1) is 11.0. The predicted octanol–water partition coefficient (Wildman–Crippen LogP) is -1.01. The molecular formula is C8H13N5O2. The quantitative estimate of drug-likeness (QED) is 0.465. The fourth-order valence-corrected chi connectivity index (χ4v) is 1.04. The van der Waals surface area contributed by atoms with Crippen molar-refractivity contribution in [2.75, 3.05) is 12.3 Å². The van der Waals surface area contributed by atoms with Gasteiger partial charge < -0.3 is 16.8 Å². The number of nitrogen functional groups attached to an aromatic ring is 1. The molecule has 0 unspecified atom stereocenters. The Morgan fingerprint density at radius 1 is 1.53 bits per heavy atom. The van der Waals surface area contributed by atoms with Crippen LogP contribution in [-0.4, -0.2) is 28.6 Å². The molecule has 15 heavy (non-hydrogen) atoms. The van der Waals surface area contributed by atoms with E-state index in [9.17, 15) is 9.59 Å². The third-order valence-electron chi connectivity index (χ3n) is 1.80. The van der Waals surface area contributed by atoms with Crippen molar-refractivity contribution in [2.24, 2.45) is 5.73 Å². The van der Waals surface area contributed by atoms with E-state index < -0.39 is 0 Å². The number of hydrogen-bond donors (Lipinski definition) is 4. The number of rotatable bonds is 5. The van der Waals surface area contributed by atoms with Crippen molar-refractivity contribution < 1.29 is 9.59 Å². The highest BCUT2D eigenvalue weighted by Gasteiger charge is 2.10. The largest absolute Gasteiger partial charge is 0.383 e. The Balaban J connectivity index is 2.31. The second-order valence-corrected chi connectivity index (χ2v) is 3.02. The molecule has 82 valence electrons. The molecule has 0 spiro atoms. The molecule has 1 rings (SSSR count). The molecule has 1 aromatic heterocycles. The first-order chi connectivity index (χ1) is 7.11. The SMILES string of the molecule is NC(=O)CCCNC(=O)c1cn[nH]c1N. The topological polar surface area (TPSA) is 127 Å². The zero-order valence-corrected chi connectivity index (χ0v) is 8.12. The number of carbonyl (C=O) groups is 2. The standard InChI is InChI=1S/C8H13N5O2/c9-6(14)2-1-3-11-8(15)5-4-12-13-7(5)10/h4H,1-3H2,(H2,9,14)(H,11,15)(H3,10,12,13). The number of amides is 2. The number of H-pyrrole nitrogens is 1. The van der Waals surface area contributed by atoms with E-state index in [1.807, 2.05) is 0 Å². The summed E-state index contributed by atoms with van der Waals surface area (Å²) in [6, 6.07) is 0. The number of primary amides is 1. The first-order valence-corrected chi connectivity index (χ1v) is 4.46. The van der Waals surface area contributed by atoms with Crippen LogP contribution >= 0.6 is 0 Å². The predicted molar refractivity (Wildman–Crippen MR) is 53.8 cm³/mol. The van der Waals surface area contributed by atoms with Crippen LogP contribution in [0.4, 0.5) is 5.82 Å². The molecule has 0 radical (unpaired) electrons. The summed E-state index contributed by atoms with van der Waals surface area (Å²) in [5, 5.41) is 8.66. The van der Waals surface area contributed by atoms with E-state index in [-0.39, 0.29) is 24.1 Å². The van der Waals surface area contributed by atoms with Gasteiger partial charge in [0, 0.05) is 13.0 Å². The van der Waals surface area contributed by atoms with Crippen LogP contribution in [0.5, 0.6) is 0 Å². The van der Waals surface area contributed by atoms with Crippen LogP contribution in [0.3, 0.4) is 0 Å². The first-order valence-electron chi connectivity index (χ1n) is 4.46. The van der Waals surface area contributed by atoms with Gasteiger partial charge in [-0.2, -0.15) is 5.10 Å². The molecule has 0 saturated heterocycles. The monoisotopic (exact) mass is 211 g/mol. The molecule has 7 heteroatoms. The van der Waals surface area contributed by atoms with Crippen LogP contribution in [0.2, 0.25) is 0 Å². The summed E-state index contributed by atoms with van der Waals surface area (Å²) < 4.78 is 0. The number of carbonyl (C=O) groups excluding carboxylic acids is 2. The van der Waals surface area contributed by atoms with Crippen molar-refractivity contribution >= 4 is 17.6 Å². The third-order valence-corrected chi connectivity index (χ3v) is 1.80. The molecular weight excluding hydrogens is 198 g/mol. The summed E-state index contributed by atoms with van der Waals surface area (Å²) in [5.41, 5.74) is 10.7. The number of anilines is 1. The van der Waals surface area contributed by atoms with Gasteiger partial charge in [-0.15, -0.1) is 0 Å². The van der Waals surface area contributed by atoms with Gasteiger partial charge in [0.05, 0.1) is 6.20 Å². The van der Waals surface area contributed by atoms with E-state index in [1.54, 1.807) is 0 Å². The lowest BCUT2D eigenvalue weighted by molar-refractivity contribution is -0.118. The van der Waals surface area contributed by atoms with Crippen molar-refractivity contribution in [1.29, 1.82) is 0 Å². The van der Waals surface area contributed by atoms with E-state index in [0.29, 0.717) is 18.5 Å². The van der Waals surface area contributed by atoms with Gasteiger partial charge in [-0.25, -0.2) is 0 Å². The molecule has 0 atom stereocenters. The van der Waals surface area contributed by atoms with Gasteiger partial charge in [0.25, 0.3) is 5.91 Å². The zero-order chi connectivity index (χ0) is 11.3. The lowest BCUT2D eigenvalue weighted by atomic mass is 10.2. The number of nitrogens with zero attached hydrogens (tertiary/aromatic N) is 1. The molecule has 0 aliphatic rings. The Bertz CT molecular complexity index is 360. The fourth-order valence-electron chi connectivity index (χ4n) is 1.04. The second kappa shape index (κ2) is 4.99. The van der Waals surface area contributed by atoms with Gasteiger partial charge in [-0.3, -0.25) is 14.7 Å². The van der Waals surface area contributed by atoms with Gasteiger partial charge in [-0.1, -0.05) is 0 Å². The number of aromatic amines is 1. The van der Waals surface area contributed by atoms with Crippen molar-refractivity contribution in [1.82, 2.24) is 15.5 Å². The summed E-state index contributed by atoms with van der Waals surface area (Å²) in [6.07, 6.45) is 2.11. The summed E-state index contributed by atoms with van der Waals surface area (Å²) in [5.74, 6) is -0.472. The maximum atomic E-state index is 11.4. The van der Waals surface area contributed by atoms with Crippen LogP contribution in [0.1, 0.15) is 23.2 Å². The molecule has 6 N–H and O–H groups in total. The van der Waals surface area contributed by atoms with Gasteiger partial charge in [-0.05, 0) is 6.42 Å². The average Bonchev–Trinajstić information content (AvgIpc) is 2.58. The molecule has 7 nitrogen and oxygen atoms in total. The number of aromatic nitrogens is 2. The molecule has 0 bridgehead atoms. The molecule has 0 fully saturated rings. The lowest BCUT2D eigenvalue weighted by Gasteiger charge is -2.02. The Labute approximate surface area is 86.2 Å². The minimum atomic E-state index is -0.382. The van der Waals surface area contributed by atoms with E-state index in [2.05, 4.69) is 15.5 Å². The fraction of sp³-hybridized carbons (Fsp3) is 0.375. The number of nitrogens with one attached hydrogen (secondary N) is 2. The maximum Gasteiger partial charge on any atom is 0.256 e. The van der Waals surface area contributed by atoms with Crippen molar-refractivity contribution in [3.63, 3.8) is 0 Å². The molecule has 2 amide bonds. The van der Waals surface area contributed by atoms with E-state index in [4.69, 9.17) is 11.5 Å². The molecule has 0 aromatic carbocycles. The Hall–Kier alpha value is -2.05. The Kier molecular flexibility index (Phi) is 3.67. The van der Waals surface area contributed by atoms with Crippen LogP contribution in [-0.2, 0) is 4.79 Å². The Morgan fingerprint density at radius 3 is 2.80 bits per heavy atom. The molecule has 1 aromatic rings. The van der Waals surface area contributed by atoms with E-state index in [0.717, 1.165) is 0 Å². The summed E-state index contributed by atoms with van der Waals surface area (Å²) in [7, 11) is 0. The minimum Gasteiger partial charge on any atom is -0.383 e. The maximum absolute atomic E-state index is 11.4. The van der Waals surface area contributed by atoms with Crippen molar-refractivity contribution in [3.8, 4) is 0 Å². The third kappa shape index (κ3) is 3.29. The van der Waals surface area contributed by atoms with Crippen molar-refractivity contribution in [3.05, 3.63) is 11.8 Å². The van der Waals surface area contributed by atoms with Gasteiger partial charge in [0.1, 0.15) is 11.4 Å². The molecule has 1 heterocycles.